The van der Waals surface area contributed by atoms with Crippen molar-refractivity contribution in [3.05, 3.63) is 24.5 Å². The average Bonchev–Trinajstić information content (AvgIpc) is 3.15. The van der Waals surface area contributed by atoms with Crippen LogP contribution >= 0.6 is 0 Å². The van der Waals surface area contributed by atoms with E-state index < -0.39 is 24.2 Å². The number of carbonyl (C=O) groups is 4. The van der Waals surface area contributed by atoms with Gasteiger partial charge in [0.05, 0.1) is 25.3 Å². The van der Waals surface area contributed by atoms with E-state index in [2.05, 4.69) is 47.9 Å². The number of aliphatic imine (C=N–C) groups is 1. The Morgan fingerprint density at radius 1 is 1.33 bits per heavy atom. The molecule has 0 aromatic heterocycles. The van der Waals surface area contributed by atoms with E-state index in [4.69, 9.17) is 9.53 Å². The third-order valence-electron chi connectivity index (χ3n) is 7.78. The average molecular weight is 597 g/mol. The van der Waals surface area contributed by atoms with Gasteiger partial charge in [-0.25, -0.2) is 0 Å². The topological polar surface area (TPSA) is 167 Å². The van der Waals surface area contributed by atoms with Crippen molar-refractivity contribution < 1.29 is 37.1 Å². The molecule has 0 bridgehead atoms. The molecule has 0 aromatic rings. The van der Waals surface area contributed by atoms with Crippen LogP contribution in [0.4, 0.5) is 13.2 Å². The summed E-state index contributed by atoms with van der Waals surface area (Å²) in [4.78, 5) is 53.4. The number of rotatable bonds is 10. The standard InChI is InChI=1S/C26H37N5O4.C2H2F3NO/c1-7-8-18(14-28-6)35-10-9-20(32)31-15-19-21(26(19,4)5)22(31)24(34)29-17(13-27)11-16-12-25(2,3)30-23(16)33;3-2(4,5)1(6)7/h7-8,14,16-17,19,21-22H,1,9-12,15H2,2-6H3,(H,29,34)(H,30,33);(H2,6,7)/b18-8+,28-14?;/t16?,17?,19?,21?,22-;/m0./s1. The Morgan fingerprint density at radius 3 is 2.43 bits per heavy atom. The molecule has 1 aliphatic carbocycles. The SMILES string of the molecule is C=C/C=C(\C=NC)OCCC(=O)N1CC2C([C@H]1C(=O)NC(C#N)CC1CC(C)(C)NC1=O)C2(C)C.NC(=O)C(F)(F)F. The summed E-state index contributed by atoms with van der Waals surface area (Å²) < 4.78 is 37.7. The van der Waals surface area contributed by atoms with Crippen LogP contribution in [0, 0.1) is 34.5 Å². The Hall–Kier alpha value is -3.89. The van der Waals surface area contributed by atoms with Crippen molar-refractivity contribution in [2.75, 3.05) is 20.2 Å². The van der Waals surface area contributed by atoms with E-state index in [0.717, 1.165) is 0 Å². The van der Waals surface area contributed by atoms with Gasteiger partial charge in [0.15, 0.2) is 0 Å². The molecule has 0 aromatic carbocycles. The first kappa shape index (κ1) is 34.3. The van der Waals surface area contributed by atoms with Crippen LogP contribution in [0.1, 0.15) is 47.0 Å². The molecule has 232 valence electrons. The van der Waals surface area contributed by atoms with E-state index >= 15 is 0 Å². The summed E-state index contributed by atoms with van der Waals surface area (Å²) in [5, 5.41) is 15.4. The molecule has 2 saturated heterocycles. The maximum Gasteiger partial charge on any atom is 0.470 e. The lowest BCUT2D eigenvalue weighted by molar-refractivity contribution is -0.169. The minimum atomic E-state index is -4.86. The number of carbonyl (C=O) groups excluding carboxylic acids is 4. The number of piperidine rings is 1. The number of hydrogen-bond acceptors (Lipinski definition) is 7. The van der Waals surface area contributed by atoms with Crippen LogP contribution < -0.4 is 16.4 Å². The molecule has 2 aliphatic heterocycles. The van der Waals surface area contributed by atoms with Crippen molar-refractivity contribution in [3.63, 3.8) is 0 Å². The quantitative estimate of drug-likeness (QED) is 0.198. The zero-order chi connectivity index (χ0) is 32.0. The molecule has 0 spiro atoms. The Bertz CT molecular complexity index is 1170. The first-order valence-corrected chi connectivity index (χ1v) is 13.4. The van der Waals surface area contributed by atoms with Gasteiger partial charge in [0, 0.05) is 25.0 Å². The molecule has 0 radical (unpaired) electrons. The van der Waals surface area contributed by atoms with Gasteiger partial charge in [0.2, 0.25) is 17.7 Å². The third kappa shape index (κ3) is 8.56. The summed E-state index contributed by atoms with van der Waals surface area (Å²) in [6.07, 6.45) is 0.905. The van der Waals surface area contributed by atoms with Gasteiger partial charge in [0.1, 0.15) is 17.8 Å². The number of hydrogen-bond donors (Lipinski definition) is 3. The lowest BCUT2D eigenvalue weighted by atomic mass is 9.91. The molecule has 3 rings (SSSR count). The highest BCUT2D eigenvalue weighted by atomic mass is 19.4. The molecule has 5 atom stereocenters. The summed E-state index contributed by atoms with van der Waals surface area (Å²) in [5.41, 5.74) is 3.45. The smallest absolute Gasteiger partial charge is 0.470 e. The van der Waals surface area contributed by atoms with Gasteiger partial charge >= 0.3 is 12.1 Å². The van der Waals surface area contributed by atoms with Crippen LogP contribution in [0.2, 0.25) is 0 Å². The Morgan fingerprint density at radius 2 is 1.95 bits per heavy atom. The van der Waals surface area contributed by atoms with Crippen molar-refractivity contribution in [1.29, 1.82) is 5.26 Å². The monoisotopic (exact) mass is 596 g/mol. The fraction of sp³-hybridized carbons (Fsp3) is 0.643. The zero-order valence-corrected chi connectivity index (χ0v) is 24.5. The summed E-state index contributed by atoms with van der Waals surface area (Å²) in [6, 6.07) is 0.703. The number of fused-ring (bicyclic) bond motifs is 1. The van der Waals surface area contributed by atoms with Crippen molar-refractivity contribution in [2.45, 2.75) is 70.8 Å². The van der Waals surface area contributed by atoms with Gasteiger partial charge in [-0.15, -0.1) is 0 Å². The maximum absolute atomic E-state index is 13.4. The van der Waals surface area contributed by atoms with E-state index in [1.165, 1.54) is 0 Å². The lowest BCUT2D eigenvalue weighted by Crippen LogP contribution is -2.52. The largest absolute Gasteiger partial charge is 0.491 e. The van der Waals surface area contributed by atoms with Crippen LogP contribution in [-0.4, -0.2) is 78.7 Å². The molecular weight excluding hydrogens is 557 g/mol. The van der Waals surface area contributed by atoms with Gasteiger partial charge in [-0.2, -0.15) is 18.4 Å². The summed E-state index contributed by atoms with van der Waals surface area (Å²) in [5.74, 6) is -2.38. The number of primary amides is 1. The van der Waals surface area contributed by atoms with E-state index in [-0.39, 0.29) is 65.9 Å². The van der Waals surface area contributed by atoms with Crippen LogP contribution in [0.25, 0.3) is 0 Å². The number of nitriles is 1. The Labute approximate surface area is 243 Å². The predicted octanol–water partition coefficient (Wildman–Crippen LogP) is 1.99. The number of likely N-dealkylation sites (tertiary alicyclic amines) is 1. The Balaban J connectivity index is 0.000000782. The second-order valence-electron chi connectivity index (χ2n) is 11.8. The second kappa shape index (κ2) is 13.4. The number of amides is 4. The molecule has 3 aliphatic rings. The molecule has 42 heavy (non-hydrogen) atoms. The zero-order valence-electron chi connectivity index (χ0n) is 24.5. The maximum atomic E-state index is 13.4. The third-order valence-corrected chi connectivity index (χ3v) is 7.78. The lowest BCUT2D eigenvalue weighted by Gasteiger charge is -2.31. The van der Waals surface area contributed by atoms with E-state index in [1.54, 1.807) is 30.3 Å². The number of alkyl halides is 3. The number of nitrogens with zero attached hydrogens (tertiary/aromatic N) is 3. The van der Waals surface area contributed by atoms with Gasteiger partial charge < -0.3 is 26.0 Å². The van der Waals surface area contributed by atoms with Crippen molar-refractivity contribution in [2.24, 2.45) is 33.9 Å². The summed E-state index contributed by atoms with van der Waals surface area (Å²) in [7, 11) is 1.63. The van der Waals surface area contributed by atoms with Gasteiger partial charge in [0.25, 0.3) is 0 Å². The van der Waals surface area contributed by atoms with E-state index in [9.17, 15) is 32.8 Å². The van der Waals surface area contributed by atoms with Crippen LogP contribution in [0.15, 0.2) is 29.5 Å². The number of halogens is 3. The molecule has 3 fully saturated rings. The first-order chi connectivity index (χ1) is 19.4. The summed E-state index contributed by atoms with van der Waals surface area (Å²) >= 11 is 0. The second-order valence-corrected chi connectivity index (χ2v) is 11.8. The molecule has 4 amide bonds. The van der Waals surface area contributed by atoms with Gasteiger partial charge in [-0.05, 0) is 50.0 Å². The van der Waals surface area contributed by atoms with Gasteiger partial charge in [-0.3, -0.25) is 24.2 Å². The molecule has 1 saturated carbocycles. The molecule has 2 heterocycles. The molecular formula is C28H39F3N6O5. The molecule has 4 unspecified atom stereocenters. The number of nitrogens with two attached hydrogens (primary N) is 1. The molecule has 11 nitrogen and oxygen atoms in total. The fourth-order valence-corrected chi connectivity index (χ4v) is 5.69. The van der Waals surface area contributed by atoms with Crippen molar-refractivity contribution in [1.82, 2.24) is 15.5 Å². The van der Waals surface area contributed by atoms with E-state index in [0.29, 0.717) is 18.7 Å². The fourth-order valence-electron chi connectivity index (χ4n) is 5.69. The van der Waals surface area contributed by atoms with Crippen LogP contribution in [-0.2, 0) is 23.9 Å². The minimum absolute atomic E-state index is 0.0375. The minimum Gasteiger partial charge on any atom is -0.491 e. The number of nitrogens with one attached hydrogen (secondary N) is 2. The summed E-state index contributed by atoms with van der Waals surface area (Å²) in [6.45, 7) is 12.4. The molecule has 4 N–H and O–H groups in total. The van der Waals surface area contributed by atoms with Crippen molar-refractivity contribution >= 4 is 29.8 Å². The predicted molar refractivity (Wildman–Crippen MR) is 147 cm³/mol. The van der Waals surface area contributed by atoms with Crippen LogP contribution in [0.3, 0.4) is 0 Å². The first-order valence-electron chi connectivity index (χ1n) is 13.4. The highest BCUT2D eigenvalue weighted by Gasteiger charge is 2.69. The highest BCUT2D eigenvalue weighted by Crippen LogP contribution is 2.64. The Kier molecular flexibility index (Phi) is 10.9. The normalized spacial score (nSPS) is 26.2. The van der Waals surface area contributed by atoms with Crippen LogP contribution in [0.5, 0.6) is 0 Å². The highest BCUT2D eigenvalue weighted by molar-refractivity contribution is 5.90. The van der Waals surface area contributed by atoms with E-state index in [1.807, 2.05) is 13.8 Å². The molecule has 14 heteroatoms. The van der Waals surface area contributed by atoms with Gasteiger partial charge in [-0.1, -0.05) is 26.5 Å². The van der Waals surface area contributed by atoms with Crippen molar-refractivity contribution in [3.8, 4) is 6.07 Å². The number of allylic oxidation sites excluding steroid dienone is 3. The number of ether oxygens (including phenoxy) is 1.